The number of benzene rings is 1. The molecule has 0 saturated heterocycles. The highest BCUT2D eigenvalue weighted by molar-refractivity contribution is 6.32. The number of rotatable bonds is 8. The minimum absolute atomic E-state index is 0.0192. The van der Waals surface area contributed by atoms with Crippen molar-refractivity contribution in [2.24, 2.45) is 34.8 Å². The van der Waals surface area contributed by atoms with E-state index >= 15 is 0 Å². The van der Waals surface area contributed by atoms with Gasteiger partial charge in [-0.2, -0.15) is 0 Å². The van der Waals surface area contributed by atoms with Crippen LogP contribution in [0.2, 0.25) is 0 Å². The highest BCUT2D eigenvalue weighted by Gasteiger charge is 2.69. The number of nitrogens with two attached hydrogens (primary N) is 1. The quantitative estimate of drug-likeness (QED) is 0.369. The fourth-order valence-electron chi connectivity index (χ4n) is 8.63. The molecule has 2 unspecified atom stereocenters. The Morgan fingerprint density at radius 3 is 2.23 bits per heavy atom. The van der Waals surface area contributed by atoms with Crippen LogP contribution in [0.25, 0.3) is 0 Å². The molecule has 4 aliphatic rings. The van der Waals surface area contributed by atoms with Gasteiger partial charge in [-0.1, -0.05) is 13.3 Å². The van der Waals surface area contributed by atoms with Crippen molar-refractivity contribution in [2.75, 3.05) is 46.7 Å². The highest BCUT2D eigenvalue weighted by Crippen LogP contribution is 2.52. The molecule has 0 aliphatic heterocycles. The van der Waals surface area contributed by atoms with Crippen LogP contribution >= 0.6 is 0 Å². The fraction of sp³-hybridized carbons (Fsp3) is 0.656. The van der Waals surface area contributed by atoms with E-state index in [0.717, 1.165) is 24.2 Å². The van der Waals surface area contributed by atoms with E-state index in [4.69, 9.17) is 5.73 Å². The Morgan fingerprint density at radius 1 is 1.07 bits per heavy atom. The summed E-state index contributed by atoms with van der Waals surface area (Å²) in [6.45, 7) is 3.70. The summed E-state index contributed by atoms with van der Waals surface area (Å²) in [5, 5.41) is 23.0. The Balaban J connectivity index is 1.57. The molecule has 0 bridgehead atoms. The van der Waals surface area contributed by atoms with Crippen LogP contribution < -0.4 is 10.6 Å². The van der Waals surface area contributed by atoms with E-state index in [9.17, 15) is 34.2 Å². The van der Waals surface area contributed by atoms with Gasteiger partial charge in [0.25, 0.3) is 0 Å². The minimum atomic E-state index is -2.73. The second-order valence-electron chi connectivity index (χ2n) is 13.8. The summed E-state index contributed by atoms with van der Waals surface area (Å²) in [6, 6.07) is 0.462. The van der Waals surface area contributed by atoms with E-state index in [0.29, 0.717) is 17.5 Å². The average molecular weight is 597 g/mol. The van der Waals surface area contributed by atoms with Crippen LogP contribution in [-0.2, 0) is 32.1 Å². The number of nitrogens with zero attached hydrogens (tertiary/aromatic N) is 3. The average Bonchev–Trinajstić information content (AvgIpc) is 2.87. The first-order chi connectivity index (χ1) is 20.1. The van der Waals surface area contributed by atoms with Crippen LogP contribution in [0.5, 0.6) is 5.75 Å². The topological polar surface area (TPSA) is 162 Å². The van der Waals surface area contributed by atoms with Gasteiger partial charge in [-0.15, -0.1) is 0 Å². The normalized spacial score (nSPS) is 31.4. The predicted molar refractivity (Wildman–Crippen MR) is 159 cm³/mol. The number of hydrogen-bond donors (Lipinski definition) is 3. The van der Waals surface area contributed by atoms with Crippen LogP contribution in [0.1, 0.15) is 60.5 Å². The highest BCUT2D eigenvalue weighted by atomic mass is 16.3. The number of phenolic OH excluding ortho intramolecular Hbond substituents is 1. The van der Waals surface area contributed by atoms with Crippen molar-refractivity contribution in [2.45, 2.75) is 63.6 Å². The SMILES string of the molecule is CCC1(CN(C)Cc2cc(O)c3c(c2N(C)C)C[C@H]2C[C@H]4[C@H](N(C)C)C(=O)C(C(N)=O)C(=O)[C@@]4(O)C(=O)C2C3=O)CCC1. The zero-order valence-electron chi connectivity index (χ0n) is 26.0. The molecule has 0 aromatic heterocycles. The molecule has 1 amide bonds. The van der Waals surface area contributed by atoms with Crippen LogP contribution in [0.15, 0.2) is 6.07 Å². The van der Waals surface area contributed by atoms with Gasteiger partial charge >= 0.3 is 0 Å². The molecule has 4 aliphatic carbocycles. The van der Waals surface area contributed by atoms with E-state index in [1.54, 1.807) is 20.2 Å². The number of hydrogen-bond acceptors (Lipinski definition) is 10. The van der Waals surface area contributed by atoms with Crippen molar-refractivity contribution in [1.82, 2.24) is 9.80 Å². The first-order valence-corrected chi connectivity index (χ1v) is 15.2. The number of primary amides is 1. The van der Waals surface area contributed by atoms with Crippen LogP contribution in [0, 0.1) is 29.1 Å². The maximum absolute atomic E-state index is 14.1. The van der Waals surface area contributed by atoms with Crippen molar-refractivity contribution in [1.29, 1.82) is 0 Å². The lowest BCUT2D eigenvalue weighted by Gasteiger charge is -2.52. The lowest BCUT2D eigenvalue weighted by Crippen LogP contribution is -2.74. The summed E-state index contributed by atoms with van der Waals surface area (Å²) in [4.78, 5) is 72.8. The summed E-state index contributed by atoms with van der Waals surface area (Å²) < 4.78 is 0. The molecule has 0 heterocycles. The van der Waals surface area contributed by atoms with Crippen molar-refractivity contribution < 1.29 is 34.2 Å². The van der Waals surface area contributed by atoms with Crippen molar-refractivity contribution in [3.63, 3.8) is 0 Å². The van der Waals surface area contributed by atoms with Crippen LogP contribution in [0.4, 0.5) is 5.69 Å². The first-order valence-electron chi connectivity index (χ1n) is 15.2. The van der Waals surface area contributed by atoms with E-state index in [1.165, 1.54) is 24.2 Å². The third-order valence-electron chi connectivity index (χ3n) is 10.8. The number of Topliss-reactive ketones (excluding diaryl/α,β-unsaturated/α-hetero) is 4. The maximum atomic E-state index is 14.1. The lowest BCUT2D eigenvalue weighted by molar-refractivity contribution is -0.181. The lowest BCUT2D eigenvalue weighted by atomic mass is 9.52. The van der Waals surface area contributed by atoms with Gasteiger partial charge in [0.05, 0.1) is 17.5 Å². The summed E-state index contributed by atoms with van der Waals surface area (Å²) in [5.74, 6) is -10.3. The molecule has 4 N–H and O–H groups in total. The predicted octanol–water partition coefficient (Wildman–Crippen LogP) is 0.945. The van der Waals surface area contributed by atoms with E-state index in [2.05, 4.69) is 18.9 Å². The molecule has 5 rings (SSSR count). The molecule has 0 spiro atoms. The van der Waals surface area contributed by atoms with E-state index < -0.39 is 64.4 Å². The molecule has 11 heteroatoms. The van der Waals surface area contributed by atoms with Crippen LogP contribution in [0.3, 0.4) is 0 Å². The second-order valence-corrected chi connectivity index (χ2v) is 13.8. The van der Waals surface area contributed by atoms with E-state index in [-0.39, 0.29) is 24.2 Å². The Bertz CT molecular complexity index is 1390. The van der Waals surface area contributed by atoms with Crippen molar-refractivity contribution in [3.8, 4) is 5.75 Å². The molecule has 43 heavy (non-hydrogen) atoms. The molecular formula is C32H44N4O7. The smallest absolute Gasteiger partial charge is 0.235 e. The Labute approximate surface area is 252 Å². The molecule has 6 atom stereocenters. The standard InChI is InChI=1S/C32H44N4O7/c1-7-31(9-8-10-31)15-36(6)14-17-13-20(37)22-18(24(17)34(2)3)11-16-12-19-25(35(4)5)27(39)23(30(33)42)29(41)32(19,43)28(40)21(16)26(22)38/h13,16,19,21,23,25,37,43H,7-12,14-15H2,1-6H3,(H2,33,42)/t16-,19-,21?,23?,25-,32-/m0/s1. The molecular weight excluding hydrogens is 552 g/mol. The van der Waals surface area contributed by atoms with Gasteiger partial charge < -0.3 is 25.7 Å². The number of carbonyl (C=O) groups excluding carboxylic acids is 5. The van der Waals surface area contributed by atoms with E-state index in [1.807, 2.05) is 19.0 Å². The van der Waals surface area contributed by atoms with Crippen LogP contribution in [-0.4, -0.2) is 102 Å². The number of ketones is 4. The zero-order valence-corrected chi connectivity index (χ0v) is 26.0. The number of carbonyl (C=O) groups is 5. The van der Waals surface area contributed by atoms with Gasteiger partial charge in [0, 0.05) is 38.8 Å². The molecule has 11 nitrogen and oxygen atoms in total. The van der Waals surface area contributed by atoms with Crippen molar-refractivity contribution in [3.05, 3.63) is 22.8 Å². The van der Waals surface area contributed by atoms with Gasteiger partial charge in [-0.05, 0) is 81.8 Å². The number of anilines is 1. The molecule has 1 aromatic carbocycles. The molecule has 3 saturated carbocycles. The minimum Gasteiger partial charge on any atom is -0.507 e. The van der Waals surface area contributed by atoms with Gasteiger partial charge in [-0.25, -0.2) is 0 Å². The summed E-state index contributed by atoms with van der Waals surface area (Å²) in [7, 11) is 8.96. The molecule has 234 valence electrons. The third-order valence-corrected chi connectivity index (χ3v) is 10.8. The Kier molecular flexibility index (Phi) is 7.84. The van der Waals surface area contributed by atoms with Gasteiger partial charge in [-0.3, -0.25) is 28.9 Å². The third kappa shape index (κ3) is 4.62. The van der Waals surface area contributed by atoms with Gasteiger partial charge in [0.1, 0.15) is 5.75 Å². The van der Waals surface area contributed by atoms with Gasteiger partial charge in [0.2, 0.25) is 5.91 Å². The summed E-state index contributed by atoms with van der Waals surface area (Å²) in [5.41, 5.74) is 5.27. The Morgan fingerprint density at radius 2 is 1.72 bits per heavy atom. The summed E-state index contributed by atoms with van der Waals surface area (Å²) in [6.07, 6.45) is 5.00. The first kappa shape index (κ1) is 31.3. The number of aliphatic hydroxyl groups is 1. The molecule has 0 radical (unpaired) electrons. The number of phenols is 1. The maximum Gasteiger partial charge on any atom is 0.235 e. The molecule has 3 fully saturated rings. The second kappa shape index (κ2) is 10.8. The number of likely N-dealkylation sites (N-methyl/N-ethyl adjacent to an activating group) is 1. The Hall–Kier alpha value is -3.15. The zero-order chi connectivity index (χ0) is 31.8. The largest absolute Gasteiger partial charge is 0.507 e. The van der Waals surface area contributed by atoms with Gasteiger partial charge in [0.15, 0.2) is 34.7 Å². The number of fused-ring (bicyclic) bond motifs is 3. The fourth-order valence-corrected chi connectivity index (χ4v) is 8.63. The van der Waals surface area contributed by atoms with Crippen molar-refractivity contribution >= 4 is 34.7 Å². The number of aromatic hydroxyl groups is 1. The number of amides is 1. The monoisotopic (exact) mass is 596 g/mol. The summed E-state index contributed by atoms with van der Waals surface area (Å²) >= 11 is 0. The molecule has 1 aromatic rings.